The molecule has 0 unspecified atom stereocenters. The van der Waals surface area contributed by atoms with E-state index >= 15 is 0 Å². The third-order valence-electron chi connectivity index (χ3n) is 4.14. The van der Waals surface area contributed by atoms with E-state index in [4.69, 9.17) is 16.3 Å². The van der Waals surface area contributed by atoms with Crippen LogP contribution in [0.15, 0.2) is 53.9 Å². The minimum atomic E-state index is -0.250. The van der Waals surface area contributed by atoms with Crippen LogP contribution in [0, 0.1) is 0 Å². The van der Waals surface area contributed by atoms with Gasteiger partial charge in [-0.3, -0.25) is 14.9 Å². The van der Waals surface area contributed by atoms with Crippen molar-refractivity contribution < 1.29 is 14.3 Å². The number of hydrogen-bond donors (Lipinski definition) is 2. The number of aryl methyl sites for hydroxylation is 1. The number of carbonyl (C=O) groups is 2. The van der Waals surface area contributed by atoms with Crippen molar-refractivity contribution in [2.45, 2.75) is 19.4 Å². The third kappa shape index (κ3) is 6.30. The smallest absolute Gasteiger partial charge is 0.257 e. The first-order valence-electron chi connectivity index (χ1n) is 8.94. The van der Waals surface area contributed by atoms with Crippen LogP contribution in [0.1, 0.15) is 28.0 Å². The van der Waals surface area contributed by atoms with Crippen molar-refractivity contribution >= 4 is 39.9 Å². The average Bonchev–Trinajstić information content (AvgIpc) is 3.18. The molecule has 2 amide bonds. The molecule has 1 heterocycles. The molecule has 0 saturated carbocycles. The molecule has 0 fully saturated rings. The van der Waals surface area contributed by atoms with Gasteiger partial charge in [0.15, 0.2) is 5.13 Å². The van der Waals surface area contributed by atoms with Crippen molar-refractivity contribution in [3.63, 3.8) is 0 Å². The molecular formula is C21H20ClN3O3S. The maximum absolute atomic E-state index is 12.2. The molecule has 0 saturated heterocycles. The summed E-state index contributed by atoms with van der Waals surface area (Å²) in [5.41, 5.74) is 2.27. The second-order valence-corrected chi connectivity index (χ2v) is 7.52. The Hall–Kier alpha value is -2.90. The van der Waals surface area contributed by atoms with Gasteiger partial charge in [0.25, 0.3) is 5.91 Å². The zero-order valence-electron chi connectivity index (χ0n) is 15.8. The Morgan fingerprint density at radius 1 is 1.10 bits per heavy atom. The number of nitrogens with one attached hydrogen (secondary N) is 2. The van der Waals surface area contributed by atoms with Crippen LogP contribution in [-0.2, 0) is 17.8 Å². The van der Waals surface area contributed by atoms with Gasteiger partial charge in [-0.15, -0.1) is 11.3 Å². The number of nitrogens with zero attached hydrogens (tertiary/aromatic N) is 1. The fraction of sp³-hybridized carbons (Fsp3) is 0.190. The summed E-state index contributed by atoms with van der Waals surface area (Å²) in [5, 5.41) is 8.56. The zero-order valence-corrected chi connectivity index (χ0v) is 17.3. The summed E-state index contributed by atoms with van der Waals surface area (Å²) < 4.78 is 5.11. The van der Waals surface area contributed by atoms with Gasteiger partial charge in [-0.05, 0) is 48.4 Å². The second kappa shape index (κ2) is 10.0. The Morgan fingerprint density at radius 2 is 1.83 bits per heavy atom. The maximum Gasteiger partial charge on any atom is 0.257 e. The predicted octanol–water partition coefficient (Wildman–Crippen LogP) is 4.31. The van der Waals surface area contributed by atoms with Crippen molar-refractivity contribution in [3.8, 4) is 5.75 Å². The SMILES string of the molecule is COc1ccc(CNC(=O)CCc2csc(NC(=O)c3ccc(Cl)cc3)n2)cc1. The quantitative estimate of drug-likeness (QED) is 0.559. The van der Waals surface area contributed by atoms with Gasteiger partial charge in [-0.1, -0.05) is 23.7 Å². The van der Waals surface area contributed by atoms with E-state index in [9.17, 15) is 9.59 Å². The van der Waals surface area contributed by atoms with Crippen LogP contribution < -0.4 is 15.4 Å². The number of thiazole rings is 1. The Kier molecular flexibility index (Phi) is 7.21. The summed E-state index contributed by atoms with van der Waals surface area (Å²) in [6.45, 7) is 0.461. The summed E-state index contributed by atoms with van der Waals surface area (Å²) in [6, 6.07) is 14.2. The minimum absolute atomic E-state index is 0.0550. The van der Waals surface area contributed by atoms with E-state index in [-0.39, 0.29) is 11.8 Å². The van der Waals surface area contributed by atoms with Crippen molar-refractivity contribution in [1.29, 1.82) is 0 Å². The number of ether oxygens (including phenoxy) is 1. The van der Waals surface area contributed by atoms with Gasteiger partial charge in [0.2, 0.25) is 5.91 Å². The Bertz CT molecular complexity index is 972. The minimum Gasteiger partial charge on any atom is -0.497 e. The number of halogens is 1. The Balaban J connectivity index is 1.44. The molecule has 3 aromatic rings. The molecular weight excluding hydrogens is 410 g/mol. The first-order chi connectivity index (χ1) is 14.0. The predicted molar refractivity (Wildman–Crippen MR) is 115 cm³/mol. The molecule has 0 atom stereocenters. The van der Waals surface area contributed by atoms with Crippen LogP contribution in [0.25, 0.3) is 0 Å². The number of benzene rings is 2. The van der Waals surface area contributed by atoms with Crippen LogP contribution in [0.5, 0.6) is 5.75 Å². The van der Waals surface area contributed by atoms with E-state index in [0.717, 1.165) is 17.0 Å². The van der Waals surface area contributed by atoms with E-state index in [1.54, 1.807) is 31.4 Å². The topological polar surface area (TPSA) is 80.3 Å². The highest BCUT2D eigenvalue weighted by atomic mass is 35.5. The number of hydrogen-bond acceptors (Lipinski definition) is 5. The summed E-state index contributed by atoms with van der Waals surface area (Å²) in [4.78, 5) is 28.6. The van der Waals surface area contributed by atoms with Crippen LogP contribution >= 0.6 is 22.9 Å². The van der Waals surface area contributed by atoms with Crippen molar-refractivity contribution in [3.05, 3.63) is 75.8 Å². The molecule has 3 rings (SSSR count). The molecule has 8 heteroatoms. The van der Waals surface area contributed by atoms with Gasteiger partial charge in [0, 0.05) is 28.9 Å². The summed E-state index contributed by atoms with van der Waals surface area (Å²) in [5.74, 6) is 0.475. The van der Waals surface area contributed by atoms with Gasteiger partial charge in [-0.2, -0.15) is 0 Å². The molecule has 0 aliphatic heterocycles. The lowest BCUT2D eigenvalue weighted by Crippen LogP contribution is -2.23. The van der Waals surface area contributed by atoms with E-state index < -0.39 is 0 Å². The monoisotopic (exact) mass is 429 g/mol. The largest absolute Gasteiger partial charge is 0.497 e. The molecule has 2 N–H and O–H groups in total. The second-order valence-electron chi connectivity index (χ2n) is 6.23. The van der Waals surface area contributed by atoms with Crippen LogP contribution in [0.4, 0.5) is 5.13 Å². The van der Waals surface area contributed by atoms with Gasteiger partial charge >= 0.3 is 0 Å². The number of carbonyl (C=O) groups excluding carboxylic acids is 2. The van der Waals surface area contributed by atoms with E-state index in [1.807, 2.05) is 29.6 Å². The normalized spacial score (nSPS) is 10.4. The summed E-state index contributed by atoms with van der Waals surface area (Å²) in [7, 11) is 1.61. The summed E-state index contributed by atoms with van der Waals surface area (Å²) in [6.07, 6.45) is 0.826. The van der Waals surface area contributed by atoms with E-state index in [2.05, 4.69) is 15.6 Å². The molecule has 0 aliphatic rings. The number of amides is 2. The van der Waals surface area contributed by atoms with Crippen molar-refractivity contribution in [1.82, 2.24) is 10.3 Å². The van der Waals surface area contributed by atoms with Gasteiger partial charge in [0.1, 0.15) is 5.75 Å². The van der Waals surface area contributed by atoms with Crippen LogP contribution in [0.3, 0.4) is 0 Å². The number of aromatic nitrogens is 1. The Morgan fingerprint density at radius 3 is 2.52 bits per heavy atom. The van der Waals surface area contributed by atoms with E-state index in [0.29, 0.717) is 35.1 Å². The molecule has 29 heavy (non-hydrogen) atoms. The highest BCUT2D eigenvalue weighted by molar-refractivity contribution is 7.14. The fourth-order valence-corrected chi connectivity index (χ4v) is 3.39. The maximum atomic E-state index is 12.2. The molecule has 6 nitrogen and oxygen atoms in total. The lowest BCUT2D eigenvalue weighted by Gasteiger charge is -2.06. The summed E-state index contributed by atoms with van der Waals surface area (Å²) >= 11 is 7.16. The number of methoxy groups -OCH3 is 1. The molecule has 0 aliphatic carbocycles. The molecule has 150 valence electrons. The first kappa shape index (κ1) is 20.8. The van der Waals surface area contributed by atoms with Crippen molar-refractivity contribution in [2.75, 3.05) is 12.4 Å². The zero-order chi connectivity index (χ0) is 20.6. The Labute approximate surface area is 177 Å². The van der Waals surface area contributed by atoms with Gasteiger partial charge in [-0.25, -0.2) is 4.98 Å². The fourth-order valence-electron chi connectivity index (χ4n) is 2.52. The van der Waals surface area contributed by atoms with Gasteiger partial charge < -0.3 is 10.1 Å². The molecule has 0 bridgehead atoms. The molecule has 1 aromatic heterocycles. The average molecular weight is 430 g/mol. The lowest BCUT2D eigenvalue weighted by molar-refractivity contribution is -0.121. The van der Waals surface area contributed by atoms with Crippen LogP contribution in [-0.4, -0.2) is 23.9 Å². The molecule has 2 aromatic carbocycles. The lowest BCUT2D eigenvalue weighted by atomic mass is 10.2. The number of anilines is 1. The highest BCUT2D eigenvalue weighted by Gasteiger charge is 2.10. The van der Waals surface area contributed by atoms with Crippen molar-refractivity contribution in [2.24, 2.45) is 0 Å². The standard InChI is InChI=1S/C21H20ClN3O3S/c1-28-18-9-2-14(3-10-18)12-23-19(26)11-8-17-13-29-21(24-17)25-20(27)15-4-6-16(22)7-5-15/h2-7,9-10,13H,8,11-12H2,1H3,(H,23,26)(H,24,25,27). The highest BCUT2D eigenvalue weighted by Crippen LogP contribution is 2.18. The van der Waals surface area contributed by atoms with E-state index in [1.165, 1.54) is 11.3 Å². The number of rotatable bonds is 8. The molecule has 0 radical (unpaired) electrons. The van der Waals surface area contributed by atoms with Crippen LogP contribution in [0.2, 0.25) is 5.02 Å². The van der Waals surface area contributed by atoms with Gasteiger partial charge in [0.05, 0.1) is 12.8 Å². The third-order valence-corrected chi connectivity index (χ3v) is 5.19. The molecule has 0 spiro atoms. The first-order valence-corrected chi connectivity index (χ1v) is 10.2.